The smallest absolute Gasteiger partial charge is 0.00252 e. The van der Waals surface area contributed by atoms with Gasteiger partial charge in [0.05, 0.1) is 0 Å². The van der Waals surface area contributed by atoms with Crippen LogP contribution in [0.1, 0.15) is 19.3 Å². The molecule has 92 valence electrons. The van der Waals surface area contributed by atoms with E-state index < -0.39 is 0 Å². The van der Waals surface area contributed by atoms with Crippen LogP contribution in [0.5, 0.6) is 0 Å². The van der Waals surface area contributed by atoms with E-state index in [1.54, 1.807) is 0 Å². The Kier molecular flexibility index (Phi) is 3.46. The van der Waals surface area contributed by atoms with Crippen molar-refractivity contribution in [3.05, 3.63) is 0 Å². The van der Waals surface area contributed by atoms with Gasteiger partial charge in [-0.15, -0.1) is 0 Å². The van der Waals surface area contributed by atoms with Crippen molar-refractivity contribution in [2.45, 2.75) is 19.3 Å². The van der Waals surface area contributed by atoms with E-state index in [0.717, 1.165) is 17.8 Å². The Morgan fingerprint density at radius 2 is 1.62 bits per heavy atom. The zero-order valence-corrected chi connectivity index (χ0v) is 10.3. The topological polar surface area (TPSA) is 27.3 Å². The van der Waals surface area contributed by atoms with Gasteiger partial charge in [-0.3, -0.25) is 0 Å². The van der Waals surface area contributed by atoms with E-state index in [1.807, 2.05) is 0 Å². The van der Waals surface area contributed by atoms with E-state index in [1.165, 1.54) is 65.1 Å². The fourth-order valence-electron chi connectivity index (χ4n) is 3.75. The highest BCUT2D eigenvalue weighted by atomic mass is 15.2. The van der Waals surface area contributed by atoms with E-state index in [2.05, 4.69) is 15.5 Å². The normalized spacial score (nSPS) is 37.5. The van der Waals surface area contributed by atoms with Gasteiger partial charge in [0.2, 0.25) is 0 Å². The Labute approximate surface area is 99.0 Å². The summed E-state index contributed by atoms with van der Waals surface area (Å²) >= 11 is 0. The van der Waals surface area contributed by atoms with Crippen molar-refractivity contribution in [1.82, 2.24) is 15.5 Å². The summed E-state index contributed by atoms with van der Waals surface area (Å²) in [6, 6.07) is 0. The Morgan fingerprint density at radius 1 is 0.875 bits per heavy atom. The number of likely N-dealkylation sites (tertiary alicyclic amines) is 1. The maximum atomic E-state index is 3.54. The molecule has 0 radical (unpaired) electrons. The number of rotatable bonds is 2. The van der Waals surface area contributed by atoms with Crippen molar-refractivity contribution in [1.29, 1.82) is 0 Å². The number of nitrogens with zero attached hydrogens (tertiary/aromatic N) is 1. The molecule has 0 aromatic carbocycles. The van der Waals surface area contributed by atoms with Crippen LogP contribution < -0.4 is 10.6 Å². The number of nitrogens with one attached hydrogen (secondary N) is 2. The summed E-state index contributed by atoms with van der Waals surface area (Å²) < 4.78 is 0. The van der Waals surface area contributed by atoms with E-state index in [-0.39, 0.29) is 0 Å². The maximum absolute atomic E-state index is 3.54. The summed E-state index contributed by atoms with van der Waals surface area (Å²) in [7, 11) is 0. The molecule has 3 fully saturated rings. The highest BCUT2D eigenvalue weighted by Crippen LogP contribution is 2.29. The van der Waals surface area contributed by atoms with E-state index in [4.69, 9.17) is 0 Å². The molecule has 2 unspecified atom stereocenters. The molecule has 0 aromatic heterocycles. The van der Waals surface area contributed by atoms with Gasteiger partial charge >= 0.3 is 0 Å². The highest BCUT2D eigenvalue weighted by Gasteiger charge is 2.34. The molecule has 3 aliphatic heterocycles. The second-order valence-electron chi connectivity index (χ2n) is 5.92. The van der Waals surface area contributed by atoms with Gasteiger partial charge in [-0.25, -0.2) is 0 Å². The van der Waals surface area contributed by atoms with Crippen LogP contribution in [0.25, 0.3) is 0 Å². The van der Waals surface area contributed by atoms with Crippen LogP contribution in [0.15, 0.2) is 0 Å². The lowest BCUT2D eigenvalue weighted by atomic mass is 9.90. The fourth-order valence-corrected chi connectivity index (χ4v) is 3.75. The Bertz CT molecular complexity index is 211. The Hall–Kier alpha value is -0.120. The number of piperidine rings is 2. The van der Waals surface area contributed by atoms with Crippen LogP contribution in [-0.2, 0) is 0 Å². The van der Waals surface area contributed by atoms with Crippen molar-refractivity contribution in [2.75, 3.05) is 45.8 Å². The Morgan fingerprint density at radius 3 is 2.44 bits per heavy atom. The zero-order valence-electron chi connectivity index (χ0n) is 10.3. The minimum Gasteiger partial charge on any atom is -0.317 e. The third-order valence-corrected chi connectivity index (χ3v) is 4.73. The molecule has 2 atom stereocenters. The minimum absolute atomic E-state index is 0.954. The summed E-state index contributed by atoms with van der Waals surface area (Å²) in [5, 5.41) is 7.00. The lowest BCUT2D eigenvalue weighted by Crippen LogP contribution is -2.36. The lowest BCUT2D eigenvalue weighted by Gasteiger charge is -2.27. The van der Waals surface area contributed by atoms with Gasteiger partial charge in [0.1, 0.15) is 0 Å². The van der Waals surface area contributed by atoms with Gasteiger partial charge in [-0.1, -0.05) is 0 Å². The van der Waals surface area contributed by atoms with Crippen LogP contribution in [0.2, 0.25) is 0 Å². The molecule has 3 heteroatoms. The van der Waals surface area contributed by atoms with Crippen LogP contribution in [0.4, 0.5) is 0 Å². The molecule has 3 heterocycles. The van der Waals surface area contributed by atoms with Crippen molar-refractivity contribution in [3.8, 4) is 0 Å². The number of fused-ring (bicyclic) bond motifs is 1. The van der Waals surface area contributed by atoms with Crippen LogP contribution in [0, 0.1) is 17.8 Å². The highest BCUT2D eigenvalue weighted by molar-refractivity contribution is 4.89. The second-order valence-corrected chi connectivity index (χ2v) is 5.92. The van der Waals surface area contributed by atoms with Crippen molar-refractivity contribution in [3.63, 3.8) is 0 Å². The van der Waals surface area contributed by atoms with E-state index in [0.29, 0.717) is 0 Å². The van der Waals surface area contributed by atoms with Crippen LogP contribution in [0.3, 0.4) is 0 Å². The van der Waals surface area contributed by atoms with Gasteiger partial charge in [-0.05, 0) is 63.2 Å². The summed E-state index contributed by atoms with van der Waals surface area (Å²) in [5.74, 6) is 2.92. The third-order valence-electron chi connectivity index (χ3n) is 4.73. The largest absolute Gasteiger partial charge is 0.317 e. The maximum Gasteiger partial charge on any atom is 0.00252 e. The summed E-state index contributed by atoms with van der Waals surface area (Å²) in [6.45, 7) is 9.13. The molecule has 0 spiro atoms. The van der Waals surface area contributed by atoms with Gasteiger partial charge in [0.15, 0.2) is 0 Å². The molecular weight excluding hydrogens is 198 g/mol. The van der Waals surface area contributed by atoms with Crippen molar-refractivity contribution in [2.24, 2.45) is 17.8 Å². The average Bonchev–Trinajstić information content (AvgIpc) is 2.72. The van der Waals surface area contributed by atoms with Crippen molar-refractivity contribution < 1.29 is 0 Å². The number of hydrogen-bond acceptors (Lipinski definition) is 3. The first kappa shape index (κ1) is 11.0. The minimum atomic E-state index is 0.954. The molecule has 0 saturated carbocycles. The molecule has 0 amide bonds. The van der Waals surface area contributed by atoms with Gasteiger partial charge in [0, 0.05) is 19.6 Å². The van der Waals surface area contributed by atoms with Gasteiger partial charge < -0.3 is 15.5 Å². The first-order valence-corrected chi connectivity index (χ1v) is 7.05. The summed E-state index contributed by atoms with van der Waals surface area (Å²) in [5.41, 5.74) is 0. The SMILES string of the molecule is C1CC(CN2CC3CCNCC3C2)CCN1. The van der Waals surface area contributed by atoms with Gasteiger partial charge in [0.25, 0.3) is 0 Å². The predicted molar refractivity (Wildman–Crippen MR) is 66.5 cm³/mol. The monoisotopic (exact) mass is 223 g/mol. The molecule has 3 nitrogen and oxygen atoms in total. The summed E-state index contributed by atoms with van der Waals surface area (Å²) in [6.07, 6.45) is 4.20. The molecule has 0 aromatic rings. The fraction of sp³-hybridized carbons (Fsp3) is 1.00. The average molecular weight is 223 g/mol. The molecule has 0 aliphatic carbocycles. The van der Waals surface area contributed by atoms with E-state index in [9.17, 15) is 0 Å². The molecule has 2 N–H and O–H groups in total. The molecule has 3 saturated heterocycles. The lowest BCUT2D eigenvalue weighted by molar-refractivity contribution is 0.232. The molecule has 16 heavy (non-hydrogen) atoms. The first-order chi connectivity index (χ1) is 7.92. The van der Waals surface area contributed by atoms with E-state index >= 15 is 0 Å². The first-order valence-electron chi connectivity index (χ1n) is 7.05. The standard InChI is InChI=1S/C13H25N3/c1-4-14-5-2-11(1)8-16-9-12-3-6-15-7-13(12)10-16/h11-15H,1-10H2. The van der Waals surface area contributed by atoms with Gasteiger partial charge in [-0.2, -0.15) is 0 Å². The quantitative estimate of drug-likeness (QED) is 0.715. The summed E-state index contributed by atoms with van der Waals surface area (Å²) in [4.78, 5) is 2.75. The number of hydrogen-bond donors (Lipinski definition) is 2. The van der Waals surface area contributed by atoms with Crippen LogP contribution >= 0.6 is 0 Å². The third kappa shape index (κ3) is 2.41. The van der Waals surface area contributed by atoms with Crippen molar-refractivity contribution >= 4 is 0 Å². The molecule has 3 rings (SSSR count). The molecular formula is C13H25N3. The zero-order chi connectivity index (χ0) is 10.8. The second kappa shape index (κ2) is 5.03. The predicted octanol–water partition coefficient (Wildman–Crippen LogP) is 0.527. The van der Waals surface area contributed by atoms with Crippen LogP contribution in [-0.4, -0.2) is 50.7 Å². The molecule has 3 aliphatic rings. The Balaban J connectivity index is 1.49. The molecule has 0 bridgehead atoms.